The highest BCUT2D eigenvalue weighted by atomic mass is 16.4. The van der Waals surface area contributed by atoms with Crippen molar-refractivity contribution in [3.8, 4) is 0 Å². The van der Waals surface area contributed by atoms with Crippen molar-refractivity contribution in [2.24, 2.45) is 0 Å². The molecule has 6 nitrogen and oxygen atoms in total. The quantitative estimate of drug-likeness (QED) is 0.471. The van der Waals surface area contributed by atoms with Gasteiger partial charge in [0.15, 0.2) is 0 Å². The molecule has 0 spiro atoms. The van der Waals surface area contributed by atoms with Crippen LogP contribution < -0.4 is 15.3 Å². The summed E-state index contributed by atoms with van der Waals surface area (Å²) in [5.41, 5.74) is 0.194. The highest BCUT2D eigenvalue weighted by Gasteiger charge is 1.77. The summed E-state index contributed by atoms with van der Waals surface area (Å²) in [6, 6.07) is 0. The highest BCUT2D eigenvalue weighted by Crippen LogP contribution is 1.78. The Morgan fingerprint density at radius 1 is 0.600 bits per heavy atom. The van der Waals surface area contributed by atoms with Gasteiger partial charge in [-0.25, -0.2) is 0 Å². The lowest BCUT2D eigenvalue weighted by Gasteiger charge is -1.93. The molecule has 0 bridgehead atoms. The van der Waals surface area contributed by atoms with E-state index in [2.05, 4.69) is 32.9 Å². The lowest BCUT2D eigenvalue weighted by atomic mass is 10.4. The SMILES string of the molecule is C=C.C=C(C)C(=O)[O-].C=C(C)C(=O)[O-].C=C(C)C(=O)[O-]. The van der Waals surface area contributed by atoms with E-state index in [0.717, 1.165) is 0 Å². The fraction of sp³-hybridized carbons (Fsp3) is 0.214. The molecule has 6 heteroatoms. The minimum absolute atomic E-state index is 0.0648. The first kappa shape index (κ1) is 26.0. The molecular formula is C14H19O6-3. The van der Waals surface area contributed by atoms with E-state index in [-0.39, 0.29) is 16.7 Å². The molecule has 0 saturated heterocycles. The van der Waals surface area contributed by atoms with Crippen LogP contribution in [0.15, 0.2) is 49.6 Å². The van der Waals surface area contributed by atoms with Crippen molar-refractivity contribution in [2.45, 2.75) is 20.8 Å². The maximum Gasteiger partial charge on any atom is 0.0666 e. The summed E-state index contributed by atoms with van der Waals surface area (Å²) in [6.07, 6.45) is 0. The number of hydrogen-bond acceptors (Lipinski definition) is 6. The Bertz CT molecular complexity index is 286. The largest absolute Gasteiger partial charge is 0.545 e. The average Bonchev–Trinajstić information content (AvgIpc) is 2.32. The lowest BCUT2D eigenvalue weighted by Crippen LogP contribution is -2.22. The van der Waals surface area contributed by atoms with E-state index in [1.165, 1.54) is 20.8 Å². The molecule has 0 aromatic heterocycles. The fourth-order valence-electron chi connectivity index (χ4n) is 0. The molecule has 0 radical (unpaired) electrons. The first-order chi connectivity index (χ1) is 8.93. The van der Waals surface area contributed by atoms with E-state index in [0.29, 0.717) is 0 Å². The molecule has 0 heterocycles. The van der Waals surface area contributed by atoms with Gasteiger partial charge in [-0.1, -0.05) is 19.7 Å². The van der Waals surface area contributed by atoms with E-state index in [4.69, 9.17) is 0 Å². The van der Waals surface area contributed by atoms with Gasteiger partial charge in [0.05, 0.1) is 17.9 Å². The Labute approximate surface area is 119 Å². The first-order valence-electron chi connectivity index (χ1n) is 5.04. The molecule has 0 rings (SSSR count). The van der Waals surface area contributed by atoms with Gasteiger partial charge in [-0.3, -0.25) is 0 Å². The van der Waals surface area contributed by atoms with Crippen LogP contribution in [0.5, 0.6) is 0 Å². The first-order valence-corrected chi connectivity index (χ1v) is 5.04. The molecule has 0 amide bonds. The van der Waals surface area contributed by atoms with Gasteiger partial charge in [-0.2, -0.15) is 0 Å². The number of rotatable bonds is 3. The number of carboxylic acid groups (broad SMARTS) is 3. The van der Waals surface area contributed by atoms with Crippen LogP contribution in [0.2, 0.25) is 0 Å². The molecule has 0 unspecified atom stereocenters. The molecule has 0 aliphatic carbocycles. The molecule has 0 N–H and O–H groups in total. The van der Waals surface area contributed by atoms with Crippen LogP contribution in [0.1, 0.15) is 20.8 Å². The van der Waals surface area contributed by atoms with Gasteiger partial charge in [0.25, 0.3) is 0 Å². The number of aliphatic carboxylic acids is 3. The van der Waals surface area contributed by atoms with Gasteiger partial charge in [0, 0.05) is 0 Å². The Balaban J connectivity index is -0.0000000902. The van der Waals surface area contributed by atoms with Crippen LogP contribution >= 0.6 is 0 Å². The molecular weight excluding hydrogens is 264 g/mol. The van der Waals surface area contributed by atoms with Crippen LogP contribution in [0.25, 0.3) is 0 Å². The monoisotopic (exact) mass is 283 g/mol. The van der Waals surface area contributed by atoms with E-state index in [1.807, 2.05) is 0 Å². The summed E-state index contributed by atoms with van der Waals surface area (Å²) in [5.74, 6) is -3.56. The molecule has 0 aromatic rings. The maximum atomic E-state index is 9.49. The Morgan fingerprint density at radius 2 is 0.650 bits per heavy atom. The zero-order valence-electron chi connectivity index (χ0n) is 12.0. The highest BCUT2D eigenvalue weighted by molar-refractivity contribution is 5.83. The summed E-state index contributed by atoms with van der Waals surface area (Å²) in [6.45, 7) is 19.4. The van der Waals surface area contributed by atoms with Crippen molar-refractivity contribution < 1.29 is 29.7 Å². The van der Waals surface area contributed by atoms with Gasteiger partial charge in [0.2, 0.25) is 0 Å². The molecule has 0 saturated carbocycles. The number of hydrogen-bond donors (Lipinski definition) is 0. The summed E-state index contributed by atoms with van der Waals surface area (Å²) in [4.78, 5) is 28.5. The number of carbonyl (C=O) groups is 3. The van der Waals surface area contributed by atoms with Gasteiger partial charge >= 0.3 is 0 Å². The number of carbonyl (C=O) groups excluding carboxylic acids is 3. The van der Waals surface area contributed by atoms with Crippen LogP contribution in [-0.2, 0) is 14.4 Å². The van der Waals surface area contributed by atoms with Crippen molar-refractivity contribution >= 4 is 17.9 Å². The normalized spacial score (nSPS) is 6.95. The predicted octanol–water partition coefficient (Wildman–Crippen LogP) is -1.26. The molecule has 0 aliphatic rings. The minimum atomic E-state index is -1.19. The third-order valence-electron chi connectivity index (χ3n) is 1.05. The molecule has 20 heavy (non-hydrogen) atoms. The molecule has 0 fully saturated rings. The van der Waals surface area contributed by atoms with Crippen molar-refractivity contribution in [2.75, 3.05) is 0 Å². The summed E-state index contributed by atoms with van der Waals surface area (Å²) in [5, 5.41) is 28.5. The molecule has 0 atom stereocenters. The number of carboxylic acids is 3. The van der Waals surface area contributed by atoms with E-state index < -0.39 is 17.9 Å². The second kappa shape index (κ2) is 16.4. The van der Waals surface area contributed by atoms with Gasteiger partial charge in [-0.05, 0) is 37.5 Å². The second-order valence-electron chi connectivity index (χ2n) is 3.20. The maximum absolute atomic E-state index is 9.49. The standard InChI is InChI=1S/3C4H6O2.C2H4/c3*1-3(2)4(5)6;1-2/h3*1H2,2H3,(H,5,6);1-2H2/p-3. The average molecular weight is 283 g/mol. The van der Waals surface area contributed by atoms with E-state index in [1.54, 1.807) is 0 Å². The second-order valence-corrected chi connectivity index (χ2v) is 3.20. The zero-order chi connectivity index (χ0) is 17.5. The Hall–Kier alpha value is -2.63. The van der Waals surface area contributed by atoms with Crippen molar-refractivity contribution in [3.63, 3.8) is 0 Å². The van der Waals surface area contributed by atoms with E-state index in [9.17, 15) is 29.7 Å². The molecule has 114 valence electrons. The molecule has 0 aliphatic heterocycles. The van der Waals surface area contributed by atoms with E-state index >= 15 is 0 Å². The zero-order valence-corrected chi connectivity index (χ0v) is 12.0. The fourth-order valence-corrected chi connectivity index (χ4v) is 0. The lowest BCUT2D eigenvalue weighted by molar-refractivity contribution is -0.300. The smallest absolute Gasteiger partial charge is 0.0666 e. The van der Waals surface area contributed by atoms with Crippen LogP contribution in [-0.4, -0.2) is 17.9 Å². The third-order valence-corrected chi connectivity index (χ3v) is 1.05. The van der Waals surface area contributed by atoms with Gasteiger partial charge in [-0.15, -0.1) is 13.2 Å². The third kappa shape index (κ3) is 36.1. The topological polar surface area (TPSA) is 120 Å². The summed E-state index contributed by atoms with van der Waals surface area (Å²) < 4.78 is 0. The van der Waals surface area contributed by atoms with Crippen molar-refractivity contribution in [3.05, 3.63) is 49.6 Å². The van der Waals surface area contributed by atoms with Crippen molar-refractivity contribution in [1.29, 1.82) is 0 Å². The molecule has 0 aromatic carbocycles. The van der Waals surface area contributed by atoms with Crippen molar-refractivity contribution in [1.82, 2.24) is 0 Å². The summed E-state index contributed by atoms with van der Waals surface area (Å²) in [7, 11) is 0. The Kier molecular flexibility index (Phi) is 21.3. The Morgan fingerprint density at radius 3 is 0.650 bits per heavy atom. The van der Waals surface area contributed by atoms with Crippen LogP contribution in [0.4, 0.5) is 0 Å². The predicted molar refractivity (Wildman–Crippen MR) is 70.7 cm³/mol. The summed E-state index contributed by atoms with van der Waals surface area (Å²) >= 11 is 0. The van der Waals surface area contributed by atoms with Gasteiger partial charge in [0.1, 0.15) is 0 Å². The van der Waals surface area contributed by atoms with Crippen LogP contribution in [0, 0.1) is 0 Å². The van der Waals surface area contributed by atoms with Gasteiger partial charge < -0.3 is 29.7 Å². The van der Waals surface area contributed by atoms with Crippen LogP contribution in [0.3, 0.4) is 0 Å². The minimum Gasteiger partial charge on any atom is -0.545 e.